The maximum absolute atomic E-state index is 12.3. The molecule has 0 aliphatic heterocycles. The Balaban J connectivity index is 1.48. The standard InChI is InChI=1S/C20H16N6O3S/c1-12-10-15(19-24-25-13(2)22-23-20(25)30-19)7-8-17(12)21-18(27)9-6-14-4-3-5-16(11-14)26(28)29/h3-11H,1-2H3,(H,21,27). The summed E-state index contributed by atoms with van der Waals surface area (Å²) in [6.07, 6.45) is 2.88. The highest BCUT2D eigenvalue weighted by Crippen LogP contribution is 2.28. The van der Waals surface area contributed by atoms with Crippen molar-refractivity contribution in [3.05, 3.63) is 75.6 Å². The van der Waals surface area contributed by atoms with E-state index in [0.717, 1.165) is 26.9 Å². The summed E-state index contributed by atoms with van der Waals surface area (Å²) in [6, 6.07) is 11.7. The second-order valence-electron chi connectivity index (χ2n) is 6.55. The monoisotopic (exact) mass is 420 g/mol. The van der Waals surface area contributed by atoms with E-state index in [1.807, 2.05) is 32.0 Å². The maximum Gasteiger partial charge on any atom is 0.270 e. The number of aromatic nitrogens is 4. The van der Waals surface area contributed by atoms with Gasteiger partial charge < -0.3 is 5.32 Å². The van der Waals surface area contributed by atoms with Crippen molar-refractivity contribution in [2.24, 2.45) is 0 Å². The minimum absolute atomic E-state index is 0.0235. The third-order valence-corrected chi connectivity index (χ3v) is 5.33. The van der Waals surface area contributed by atoms with Gasteiger partial charge in [0, 0.05) is 29.5 Å². The molecule has 2 heterocycles. The molecule has 1 amide bonds. The molecule has 9 nitrogen and oxygen atoms in total. The van der Waals surface area contributed by atoms with Crippen LogP contribution in [0.25, 0.3) is 21.6 Å². The number of hydrogen-bond donors (Lipinski definition) is 1. The van der Waals surface area contributed by atoms with Crippen LogP contribution in [0.4, 0.5) is 11.4 Å². The Bertz CT molecular complexity index is 1310. The molecule has 0 bridgehead atoms. The molecule has 0 saturated heterocycles. The van der Waals surface area contributed by atoms with Gasteiger partial charge >= 0.3 is 0 Å². The molecule has 0 fully saturated rings. The predicted molar refractivity (Wildman–Crippen MR) is 114 cm³/mol. The summed E-state index contributed by atoms with van der Waals surface area (Å²) in [4.78, 5) is 23.4. The quantitative estimate of drug-likeness (QED) is 0.296. The Kier molecular flexibility index (Phi) is 5.07. The number of rotatable bonds is 5. The molecule has 1 N–H and O–H groups in total. The summed E-state index contributed by atoms with van der Waals surface area (Å²) in [7, 11) is 0. The SMILES string of the molecule is Cc1cc(-c2nn3c(C)nnc3s2)ccc1NC(=O)C=Cc1cccc([N+](=O)[O-])c1. The number of fused-ring (bicyclic) bond motifs is 1. The van der Waals surface area contributed by atoms with Gasteiger partial charge in [-0.05, 0) is 49.2 Å². The van der Waals surface area contributed by atoms with E-state index < -0.39 is 4.92 Å². The van der Waals surface area contributed by atoms with E-state index in [1.54, 1.807) is 16.6 Å². The van der Waals surface area contributed by atoms with Crippen LogP contribution in [0.5, 0.6) is 0 Å². The van der Waals surface area contributed by atoms with Crippen molar-refractivity contribution in [3.63, 3.8) is 0 Å². The van der Waals surface area contributed by atoms with E-state index in [-0.39, 0.29) is 11.6 Å². The number of carbonyl (C=O) groups is 1. The van der Waals surface area contributed by atoms with Crippen LogP contribution in [0.3, 0.4) is 0 Å². The topological polar surface area (TPSA) is 115 Å². The first-order valence-corrected chi connectivity index (χ1v) is 9.76. The zero-order valence-electron chi connectivity index (χ0n) is 16.1. The molecule has 0 aliphatic carbocycles. The Morgan fingerprint density at radius 3 is 2.77 bits per heavy atom. The summed E-state index contributed by atoms with van der Waals surface area (Å²) in [5, 5.41) is 27.1. The number of non-ortho nitro benzene ring substituents is 1. The lowest BCUT2D eigenvalue weighted by Gasteiger charge is -2.07. The maximum atomic E-state index is 12.3. The first-order valence-electron chi connectivity index (χ1n) is 8.94. The van der Waals surface area contributed by atoms with E-state index in [1.165, 1.54) is 35.6 Å². The van der Waals surface area contributed by atoms with Crippen molar-refractivity contribution < 1.29 is 9.72 Å². The van der Waals surface area contributed by atoms with Gasteiger partial charge in [-0.15, -0.1) is 10.2 Å². The molecule has 0 saturated carbocycles. The van der Waals surface area contributed by atoms with Gasteiger partial charge in [0.2, 0.25) is 10.9 Å². The van der Waals surface area contributed by atoms with Crippen molar-refractivity contribution in [1.29, 1.82) is 0 Å². The number of nitro groups is 1. The smallest absolute Gasteiger partial charge is 0.270 e. The number of benzene rings is 2. The van der Waals surface area contributed by atoms with Gasteiger partial charge in [0.05, 0.1) is 4.92 Å². The van der Waals surface area contributed by atoms with Crippen molar-refractivity contribution >= 4 is 39.7 Å². The lowest BCUT2D eigenvalue weighted by atomic mass is 10.1. The predicted octanol–water partition coefficient (Wildman–Crippen LogP) is 4.03. The van der Waals surface area contributed by atoms with Crippen LogP contribution < -0.4 is 5.32 Å². The first-order chi connectivity index (χ1) is 14.4. The van der Waals surface area contributed by atoms with Crippen LogP contribution in [0.2, 0.25) is 0 Å². The van der Waals surface area contributed by atoms with Gasteiger partial charge in [-0.1, -0.05) is 23.5 Å². The van der Waals surface area contributed by atoms with Gasteiger partial charge in [-0.25, -0.2) is 0 Å². The van der Waals surface area contributed by atoms with E-state index in [0.29, 0.717) is 11.3 Å². The summed E-state index contributed by atoms with van der Waals surface area (Å²) in [6.45, 7) is 3.74. The second-order valence-corrected chi connectivity index (χ2v) is 7.51. The van der Waals surface area contributed by atoms with E-state index in [2.05, 4.69) is 20.6 Å². The fourth-order valence-corrected chi connectivity index (χ4v) is 3.74. The fourth-order valence-electron chi connectivity index (χ4n) is 2.86. The van der Waals surface area contributed by atoms with E-state index in [9.17, 15) is 14.9 Å². The molecule has 2 aromatic heterocycles. The third-order valence-electron chi connectivity index (χ3n) is 4.39. The number of nitrogens with zero attached hydrogens (tertiary/aromatic N) is 5. The van der Waals surface area contributed by atoms with Crippen LogP contribution in [0.15, 0.2) is 48.5 Å². The minimum atomic E-state index is -0.472. The normalized spacial score (nSPS) is 11.3. The number of hydrogen-bond acceptors (Lipinski definition) is 7. The summed E-state index contributed by atoms with van der Waals surface area (Å²) in [5.74, 6) is 0.399. The Hall–Kier alpha value is -3.92. The highest BCUT2D eigenvalue weighted by molar-refractivity contribution is 7.19. The molecule has 30 heavy (non-hydrogen) atoms. The molecular weight excluding hydrogens is 404 g/mol. The van der Waals surface area contributed by atoms with Gasteiger partial charge in [-0.3, -0.25) is 14.9 Å². The molecular formula is C20H16N6O3S. The summed E-state index contributed by atoms with van der Waals surface area (Å²) < 4.78 is 1.70. The number of amides is 1. The van der Waals surface area contributed by atoms with Crippen LogP contribution in [0.1, 0.15) is 17.0 Å². The van der Waals surface area contributed by atoms with Crippen molar-refractivity contribution in [1.82, 2.24) is 19.8 Å². The number of anilines is 1. The molecule has 2 aromatic carbocycles. The molecule has 150 valence electrons. The second kappa shape index (κ2) is 7.84. The van der Waals surface area contributed by atoms with Crippen LogP contribution in [0, 0.1) is 24.0 Å². The van der Waals surface area contributed by atoms with E-state index >= 15 is 0 Å². The highest BCUT2D eigenvalue weighted by atomic mass is 32.1. The zero-order chi connectivity index (χ0) is 21.3. The molecule has 0 spiro atoms. The van der Waals surface area contributed by atoms with Crippen molar-refractivity contribution in [2.75, 3.05) is 5.32 Å². The Morgan fingerprint density at radius 1 is 1.20 bits per heavy atom. The van der Waals surface area contributed by atoms with Gasteiger partial charge in [0.15, 0.2) is 5.82 Å². The minimum Gasteiger partial charge on any atom is -0.322 e. The average molecular weight is 420 g/mol. The van der Waals surface area contributed by atoms with Crippen molar-refractivity contribution in [2.45, 2.75) is 13.8 Å². The molecule has 0 atom stereocenters. The number of nitrogens with one attached hydrogen (secondary N) is 1. The van der Waals surface area contributed by atoms with Gasteiger partial charge in [0.25, 0.3) is 5.69 Å². The molecule has 4 aromatic rings. The lowest BCUT2D eigenvalue weighted by Crippen LogP contribution is -2.08. The third kappa shape index (κ3) is 3.94. The molecule has 4 rings (SSSR count). The molecule has 0 radical (unpaired) electrons. The van der Waals surface area contributed by atoms with Gasteiger partial charge in [-0.2, -0.15) is 9.61 Å². The van der Waals surface area contributed by atoms with Crippen LogP contribution >= 0.6 is 11.3 Å². The highest BCUT2D eigenvalue weighted by Gasteiger charge is 2.12. The van der Waals surface area contributed by atoms with Crippen LogP contribution in [-0.2, 0) is 4.79 Å². The number of nitro benzene ring substituents is 1. The lowest BCUT2D eigenvalue weighted by molar-refractivity contribution is -0.384. The van der Waals surface area contributed by atoms with Crippen molar-refractivity contribution in [3.8, 4) is 10.6 Å². The molecule has 0 aliphatic rings. The summed E-state index contributed by atoms with van der Waals surface area (Å²) >= 11 is 1.44. The number of carbonyl (C=O) groups excluding carboxylic acids is 1. The van der Waals surface area contributed by atoms with Gasteiger partial charge in [0.1, 0.15) is 5.01 Å². The fraction of sp³-hybridized carbons (Fsp3) is 0.100. The molecule has 0 unspecified atom stereocenters. The first kappa shape index (κ1) is 19.4. The Labute approximate surface area is 174 Å². The van der Waals surface area contributed by atoms with Crippen LogP contribution in [-0.4, -0.2) is 30.6 Å². The number of aryl methyl sites for hydroxylation is 2. The average Bonchev–Trinajstić information content (AvgIpc) is 3.30. The summed E-state index contributed by atoms with van der Waals surface area (Å²) in [5.41, 5.74) is 3.03. The van der Waals surface area contributed by atoms with E-state index in [4.69, 9.17) is 0 Å². The zero-order valence-corrected chi connectivity index (χ0v) is 16.9. The largest absolute Gasteiger partial charge is 0.322 e. The Morgan fingerprint density at radius 2 is 2.03 bits per heavy atom. The molecule has 10 heteroatoms.